The predicted molar refractivity (Wildman–Crippen MR) is 135 cm³/mol. The van der Waals surface area contributed by atoms with E-state index >= 15 is 0 Å². The van der Waals surface area contributed by atoms with Crippen LogP contribution in [-0.4, -0.2) is 48.7 Å². The van der Waals surface area contributed by atoms with Gasteiger partial charge in [-0.3, -0.25) is 24.6 Å². The maximum Gasteiger partial charge on any atom is 0.326 e. The van der Waals surface area contributed by atoms with Gasteiger partial charge < -0.3 is 9.47 Å². The average molecular weight is 481 g/mol. The van der Waals surface area contributed by atoms with Gasteiger partial charge in [-0.2, -0.15) is 0 Å². The Morgan fingerprint density at radius 2 is 1.77 bits per heavy atom. The number of fused-ring (bicyclic) bond motifs is 1. The van der Waals surface area contributed by atoms with Crippen LogP contribution < -0.4 is 10.2 Å². The molecule has 1 heterocycles. The van der Waals surface area contributed by atoms with E-state index in [1.54, 1.807) is 27.7 Å². The molecular formula is C28H36N2O5. The number of hydrogen-bond donors (Lipinski definition) is 1. The Hall–Kier alpha value is -3.19. The van der Waals surface area contributed by atoms with Crippen molar-refractivity contribution in [3.05, 3.63) is 65.7 Å². The summed E-state index contributed by atoms with van der Waals surface area (Å²) >= 11 is 0. The van der Waals surface area contributed by atoms with Crippen LogP contribution in [0.5, 0.6) is 0 Å². The first-order valence-electron chi connectivity index (χ1n) is 12.3. The van der Waals surface area contributed by atoms with Crippen LogP contribution in [0.15, 0.2) is 54.6 Å². The summed E-state index contributed by atoms with van der Waals surface area (Å²) in [7, 11) is 0. The highest BCUT2D eigenvalue weighted by Crippen LogP contribution is 2.27. The third-order valence-corrected chi connectivity index (χ3v) is 5.79. The molecule has 1 aliphatic rings. The van der Waals surface area contributed by atoms with E-state index in [0.717, 1.165) is 11.1 Å². The van der Waals surface area contributed by atoms with Crippen LogP contribution in [0.25, 0.3) is 0 Å². The third kappa shape index (κ3) is 7.65. The summed E-state index contributed by atoms with van der Waals surface area (Å²) in [4.78, 5) is 40.6. The Morgan fingerprint density at radius 1 is 1.09 bits per heavy atom. The topological polar surface area (TPSA) is 84.9 Å². The fraction of sp³-hybridized carbons (Fsp3) is 0.464. The number of amides is 1. The van der Waals surface area contributed by atoms with Gasteiger partial charge in [0.05, 0.1) is 12.6 Å². The number of para-hydroxylation sites is 1. The van der Waals surface area contributed by atoms with Crippen LogP contribution in [0.2, 0.25) is 0 Å². The van der Waals surface area contributed by atoms with Gasteiger partial charge in [-0.25, -0.2) is 0 Å². The quantitative estimate of drug-likeness (QED) is 0.549. The Kier molecular flexibility index (Phi) is 9.04. The lowest BCUT2D eigenvalue weighted by molar-refractivity contribution is -0.154. The summed E-state index contributed by atoms with van der Waals surface area (Å²) in [5.41, 5.74) is 2.13. The molecule has 0 fully saturated rings. The highest BCUT2D eigenvalue weighted by atomic mass is 16.6. The molecule has 7 heteroatoms. The zero-order valence-electron chi connectivity index (χ0n) is 21.1. The number of anilines is 1. The second-order valence-corrected chi connectivity index (χ2v) is 9.73. The van der Waals surface area contributed by atoms with Crippen molar-refractivity contribution in [1.82, 2.24) is 5.32 Å². The third-order valence-electron chi connectivity index (χ3n) is 5.79. The molecule has 1 N–H and O–H groups in total. The molecule has 0 spiro atoms. The van der Waals surface area contributed by atoms with Gasteiger partial charge in [-0.1, -0.05) is 48.5 Å². The lowest BCUT2D eigenvalue weighted by atomic mass is 10.0. The molecule has 2 aromatic rings. The summed E-state index contributed by atoms with van der Waals surface area (Å²) in [6, 6.07) is 16.2. The minimum Gasteiger partial charge on any atom is -0.465 e. The standard InChI is InChI=1S/C28H36N2O5/c1-5-34-27(33)23(17-15-20-11-7-6-8-12-20)29-22-18-16-21-13-9-10-14-24(21)30(26(22)32)19-25(31)35-28(2,3)4/h6-14,22-23,29H,5,15-19H2,1-4H3. The molecule has 0 aliphatic carbocycles. The van der Waals surface area contributed by atoms with E-state index in [1.165, 1.54) is 4.90 Å². The molecule has 35 heavy (non-hydrogen) atoms. The summed E-state index contributed by atoms with van der Waals surface area (Å²) < 4.78 is 10.8. The van der Waals surface area contributed by atoms with Crippen LogP contribution in [0.1, 0.15) is 51.7 Å². The van der Waals surface area contributed by atoms with E-state index in [9.17, 15) is 14.4 Å². The summed E-state index contributed by atoms with van der Waals surface area (Å²) in [6.07, 6.45) is 2.30. The van der Waals surface area contributed by atoms with Gasteiger partial charge in [-0.05, 0) is 70.6 Å². The van der Waals surface area contributed by atoms with Gasteiger partial charge in [-0.15, -0.1) is 0 Å². The van der Waals surface area contributed by atoms with Crippen LogP contribution in [0.4, 0.5) is 5.69 Å². The van der Waals surface area contributed by atoms with Crippen LogP contribution in [0, 0.1) is 0 Å². The molecule has 0 bridgehead atoms. The Balaban J connectivity index is 1.81. The second kappa shape index (κ2) is 12.0. The molecule has 2 aromatic carbocycles. The molecule has 188 valence electrons. The first-order valence-corrected chi connectivity index (χ1v) is 12.3. The number of aryl methyl sites for hydroxylation is 2. The average Bonchev–Trinajstić information content (AvgIpc) is 2.93. The molecule has 3 rings (SSSR count). The van der Waals surface area contributed by atoms with E-state index in [4.69, 9.17) is 9.47 Å². The highest BCUT2D eigenvalue weighted by Gasteiger charge is 2.35. The fourth-order valence-corrected chi connectivity index (χ4v) is 4.25. The fourth-order valence-electron chi connectivity index (χ4n) is 4.25. The van der Waals surface area contributed by atoms with Crippen molar-refractivity contribution in [1.29, 1.82) is 0 Å². The largest absolute Gasteiger partial charge is 0.465 e. The Morgan fingerprint density at radius 3 is 2.46 bits per heavy atom. The van der Waals surface area contributed by atoms with E-state index in [-0.39, 0.29) is 25.0 Å². The summed E-state index contributed by atoms with van der Waals surface area (Å²) in [5, 5.41) is 3.27. The predicted octanol–water partition coefficient (Wildman–Crippen LogP) is 3.83. The molecule has 1 aliphatic heterocycles. The number of nitrogens with zero attached hydrogens (tertiary/aromatic N) is 1. The monoisotopic (exact) mass is 480 g/mol. The van der Waals surface area contributed by atoms with Gasteiger partial charge in [0.15, 0.2) is 0 Å². The van der Waals surface area contributed by atoms with E-state index < -0.39 is 23.7 Å². The SMILES string of the molecule is CCOC(=O)C(CCc1ccccc1)NC1CCc2ccccc2N(CC(=O)OC(C)(C)C)C1=O. The normalized spacial score (nSPS) is 16.7. The lowest BCUT2D eigenvalue weighted by Crippen LogP contribution is -2.53. The molecule has 0 aromatic heterocycles. The lowest BCUT2D eigenvalue weighted by Gasteiger charge is -2.29. The van der Waals surface area contributed by atoms with Crippen molar-refractivity contribution in [2.75, 3.05) is 18.1 Å². The summed E-state index contributed by atoms with van der Waals surface area (Å²) in [6.45, 7) is 7.22. The van der Waals surface area contributed by atoms with E-state index in [1.807, 2.05) is 54.6 Å². The van der Waals surface area contributed by atoms with Crippen molar-refractivity contribution in [2.45, 2.75) is 71.1 Å². The second-order valence-electron chi connectivity index (χ2n) is 9.73. The number of nitrogens with one attached hydrogen (secondary N) is 1. The van der Waals surface area contributed by atoms with Gasteiger partial charge in [0, 0.05) is 5.69 Å². The zero-order valence-corrected chi connectivity index (χ0v) is 21.1. The van der Waals surface area contributed by atoms with Crippen molar-refractivity contribution >= 4 is 23.5 Å². The molecule has 0 radical (unpaired) electrons. The van der Waals surface area contributed by atoms with Crippen molar-refractivity contribution < 1.29 is 23.9 Å². The first-order chi connectivity index (χ1) is 16.7. The number of esters is 2. The first kappa shape index (κ1) is 26.4. The minimum atomic E-state index is -0.657. The number of rotatable bonds is 9. The molecule has 0 saturated heterocycles. The van der Waals surface area contributed by atoms with Crippen molar-refractivity contribution in [3.63, 3.8) is 0 Å². The minimum absolute atomic E-state index is 0.195. The molecule has 1 amide bonds. The van der Waals surface area contributed by atoms with E-state index in [2.05, 4.69) is 5.32 Å². The Labute approximate surface area is 207 Å². The number of hydrogen-bond acceptors (Lipinski definition) is 6. The number of benzene rings is 2. The number of carbonyl (C=O) groups excluding carboxylic acids is 3. The van der Waals surface area contributed by atoms with Crippen LogP contribution in [-0.2, 0) is 36.7 Å². The van der Waals surface area contributed by atoms with Crippen molar-refractivity contribution in [2.24, 2.45) is 0 Å². The van der Waals surface area contributed by atoms with Gasteiger partial charge in [0.25, 0.3) is 0 Å². The van der Waals surface area contributed by atoms with Crippen LogP contribution >= 0.6 is 0 Å². The number of ether oxygens (including phenoxy) is 2. The molecular weight excluding hydrogens is 444 g/mol. The summed E-state index contributed by atoms with van der Waals surface area (Å²) in [5.74, 6) is -1.11. The molecule has 7 nitrogen and oxygen atoms in total. The zero-order chi connectivity index (χ0) is 25.4. The smallest absolute Gasteiger partial charge is 0.326 e. The van der Waals surface area contributed by atoms with E-state index in [0.29, 0.717) is 31.4 Å². The Bertz CT molecular complexity index is 1020. The van der Waals surface area contributed by atoms with Gasteiger partial charge in [0.2, 0.25) is 5.91 Å². The maximum atomic E-state index is 13.7. The van der Waals surface area contributed by atoms with Crippen molar-refractivity contribution in [3.8, 4) is 0 Å². The van der Waals surface area contributed by atoms with Gasteiger partial charge >= 0.3 is 11.9 Å². The van der Waals surface area contributed by atoms with Crippen LogP contribution in [0.3, 0.4) is 0 Å². The molecule has 2 atom stereocenters. The molecule has 0 saturated carbocycles. The van der Waals surface area contributed by atoms with Gasteiger partial charge in [0.1, 0.15) is 18.2 Å². The molecule has 2 unspecified atom stereocenters. The maximum absolute atomic E-state index is 13.7. The number of carbonyl (C=O) groups is 3. The highest BCUT2D eigenvalue weighted by molar-refractivity contribution is 6.02.